The fourth-order valence-corrected chi connectivity index (χ4v) is 2.34. The molecule has 1 nitrogen and oxygen atoms in total. The van der Waals surface area contributed by atoms with Gasteiger partial charge in [0, 0.05) is 6.04 Å². The standard InChI is InChI=1S/C16H25ClFN/c1-4-10-19-16(12(2)3)7-5-6-13-8-9-14(17)15(18)11-13/h8-9,11-12,16,19H,4-7,10H2,1-3H3. The topological polar surface area (TPSA) is 12.0 Å². The van der Waals surface area contributed by atoms with E-state index < -0.39 is 0 Å². The van der Waals surface area contributed by atoms with Crippen molar-refractivity contribution in [1.82, 2.24) is 5.32 Å². The molecule has 0 fully saturated rings. The molecular weight excluding hydrogens is 261 g/mol. The lowest BCUT2D eigenvalue weighted by Crippen LogP contribution is -2.34. The Morgan fingerprint density at radius 1 is 1.32 bits per heavy atom. The third kappa shape index (κ3) is 5.92. The highest BCUT2D eigenvalue weighted by Gasteiger charge is 2.11. The largest absolute Gasteiger partial charge is 0.314 e. The van der Waals surface area contributed by atoms with Crippen LogP contribution >= 0.6 is 11.6 Å². The average Bonchev–Trinajstić information content (AvgIpc) is 2.37. The van der Waals surface area contributed by atoms with Crippen molar-refractivity contribution in [3.8, 4) is 0 Å². The van der Waals surface area contributed by atoms with Crippen LogP contribution in [0, 0.1) is 11.7 Å². The molecular formula is C16H25ClFN. The lowest BCUT2D eigenvalue weighted by atomic mass is 9.96. The summed E-state index contributed by atoms with van der Waals surface area (Å²) in [4.78, 5) is 0. The van der Waals surface area contributed by atoms with Gasteiger partial charge in [-0.15, -0.1) is 0 Å². The fourth-order valence-electron chi connectivity index (χ4n) is 2.22. The van der Waals surface area contributed by atoms with Crippen molar-refractivity contribution < 1.29 is 4.39 Å². The molecule has 0 radical (unpaired) electrons. The Morgan fingerprint density at radius 3 is 2.63 bits per heavy atom. The Morgan fingerprint density at radius 2 is 2.05 bits per heavy atom. The van der Waals surface area contributed by atoms with E-state index in [0.29, 0.717) is 12.0 Å². The van der Waals surface area contributed by atoms with E-state index in [1.807, 2.05) is 6.07 Å². The summed E-state index contributed by atoms with van der Waals surface area (Å²) in [5.74, 6) is 0.317. The van der Waals surface area contributed by atoms with Crippen LogP contribution in [0.25, 0.3) is 0 Å². The zero-order valence-electron chi connectivity index (χ0n) is 12.2. The Bertz CT molecular complexity index is 379. The molecule has 1 N–H and O–H groups in total. The van der Waals surface area contributed by atoms with Gasteiger partial charge in [-0.05, 0) is 55.8 Å². The highest BCUT2D eigenvalue weighted by atomic mass is 35.5. The summed E-state index contributed by atoms with van der Waals surface area (Å²) in [5.41, 5.74) is 1.03. The van der Waals surface area contributed by atoms with Crippen LogP contribution in [0.2, 0.25) is 5.02 Å². The molecule has 108 valence electrons. The van der Waals surface area contributed by atoms with Gasteiger partial charge in [-0.2, -0.15) is 0 Å². The van der Waals surface area contributed by atoms with Crippen molar-refractivity contribution in [2.75, 3.05) is 6.54 Å². The number of nitrogens with one attached hydrogen (secondary N) is 1. The second kappa shape index (κ2) is 8.55. The molecule has 19 heavy (non-hydrogen) atoms. The first-order chi connectivity index (χ1) is 9.04. The molecule has 0 aliphatic heterocycles. The van der Waals surface area contributed by atoms with Crippen LogP contribution in [-0.4, -0.2) is 12.6 Å². The van der Waals surface area contributed by atoms with Crippen molar-refractivity contribution in [3.63, 3.8) is 0 Å². The van der Waals surface area contributed by atoms with Gasteiger partial charge < -0.3 is 5.32 Å². The van der Waals surface area contributed by atoms with Gasteiger partial charge >= 0.3 is 0 Å². The first-order valence-electron chi connectivity index (χ1n) is 7.22. The van der Waals surface area contributed by atoms with E-state index in [4.69, 9.17) is 11.6 Å². The Labute approximate surface area is 121 Å². The molecule has 1 atom stereocenters. The minimum Gasteiger partial charge on any atom is -0.314 e. The molecule has 1 rings (SSSR count). The summed E-state index contributed by atoms with van der Waals surface area (Å²) < 4.78 is 13.3. The predicted molar refractivity (Wildman–Crippen MR) is 81.3 cm³/mol. The Kier molecular flexibility index (Phi) is 7.40. The van der Waals surface area contributed by atoms with Gasteiger partial charge in [-0.25, -0.2) is 4.39 Å². The van der Waals surface area contributed by atoms with E-state index in [2.05, 4.69) is 26.1 Å². The van der Waals surface area contributed by atoms with Crippen molar-refractivity contribution >= 4 is 11.6 Å². The van der Waals surface area contributed by atoms with E-state index in [1.165, 1.54) is 0 Å². The first-order valence-corrected chi connectivity index (χ1v) is 7.59. The third-order valence-corrected chi connectivity index (χ3v) is 3.73. The molecule has 0 bridgehead atoms. The normalized spacial score (nSPS) is 12.9. The van der Waals surface area contributed by atoms with Crippen LogP contribution in [0.3, 0.4) is 0 Å². The molecule has 3 heteroatoms. The molecule has 0 aliphatic carbocycles. The summed E-state index contributed by atoms with van der Waals surface area (Å²) in [6, 6.07) is 5.65. The van der Waals surface area contributed by atoms with Crippen molar-refractivity contribution in [3.05, 3.63) is 34.6 Å². The molecule has 0 aromatic heterocycles. The predicted octanol–water partition coefficient (Wildman–Crippen LogP) is 4.83. The maximum absolute atomic E-state index is 13.3. The van der Waals surface area contributed by atoms with Gasteiger partial charge in [0.05, 0.1) is 5.02 Å². The zero-order chi connectivity index (χ0) is 14.3. The van der Waals surface area contributed by atoms with Gasteiger partial charge in [0.15, 0.2) is 0 Å². The van der Waals surface area contributed by atoms with Crippen LogP contribution in [0.4, 0.5) is 4.39 Å². The number of hydrogen-bond donors (Lipinski definition) is 1. The average molecular weight is 286 g/mol. The van der Waals surface area contributed by atoms with Crippen LogP contribution in [0.1, 0.15) is 45.6 Å². The number of aryl methyl sites for hydroxylation is 1. The maximum Gasteiger partial charge on any atom is 0.142 e. The molecule has 0 saturated heterocycles. The highest BCUT2D eigenvalue weighted by Crippen LogP contribution is 2.18. The molecule has 1 aromatic rings. The second-order valence-corrected chi connectivity index (χ2v) is 5.85. The summed E-state index contributed by atoms with van der Waals surface area (Å²) >= 11 is 5.68. The van der Waals surface area contributed by atoms with E-state index in [0.717, 1.165) is 37.8 Å². The molecule has 0 saturated carbocycles. The van der Waals surface area contributed by atoms with Gasteiger partial charge in [0.2, 0.25) is 0 Å². The smallest absolute Gasteiger partial charge is 0.142 e. The van der Waals surface area contributed by atoms with E-state index in [-0.39, 0.29) is 10.8 Å². The first kappa shape index (κ1) is 16.5. The quantitative estimate of drug-likeness (QED) is 0.722. The SMILES string of the molecule is CCCNC(CCCc1ccc(Cl)c(F)c1)C(C)C. The summed E-state index contributed by atoms with van der Waals surface area (Å²) in [6.45, 7) is 7.74. The van der Waals surface area contributed by atoms with Gasteiger partial charge in [-0.3, -0.25) is 0 Å². The van der Waals surface area contributed by atoms with E-state index in [9.17, 15) is 4.39 Å². The van der Waals surface area contributed by atoms with Crippen LogP contribution in [0.15, 0.2) is 18.2 Å². The summed E-state index contributed by atoms with van der Waals surface area (Å²) in [6.07, 6.45) is 4.26. The van der Waals surface area contributed by atoms with E-state index >= 15 is 0 Å². The van der Waals surface area contributed by atoms with Crippen LogP contribution < -0.4 is 5.32 Å². The highest BCUT2D eigenvalue weighted by molar-refractivity contribution is 6.30. The third-order valence-electron chi connectivity index (χ3n) is 3.43. The molecule has 0 amide bonds. The van der Waals surface area contributed by atoms with Gasteiger partial charge in [0.25, 0.3) is 0 Å². The lowest BCUT2D eigenvalue weighted by Gasteiger charge is -2.22. The minimum atomic E-state index is -0.316. The van der Waals surface area contributed by atoms with Crippen molar-refractivity contribution in [1.29, 1.82) is 0 Å². The monoisotopic (exact) mass is 285 g/mol. The zero-order valence-corrected chi connectivity index (χ0v) is 12.9. The molecule has 0 spiro atoms. The number of halogens is 2. The molecule has 0 heterocycles. The summed E-state index contributed by atoms with van der Waals surface area (Å²) in [7, 11) is 0. The lowest BCUT2D eigenvalue weighted by molar-refractivity contribution is 0.370. The van der Waals surface area contributed by atoms with Crippen molar-refractivity contribution in [2.24, 2.45) is 5.92 Å². The second-order valence-electron chi connectivity index (χ2n) is 5.45. The number of benzene rings is 1. The molecule has 1 unspecified atom stereocenters. The minimum absolute atomic E-state index is 0.202. The van der Waals surface area contributed by atoms with E-state index in [1.54, 1.807) is 12.1 Å². The molecule has 1 aromatic carbocycles. The van der Waals surface area contributed by atoms with Gasteiger partial charge in [-0.1, -0.05) is 38.4 Å². The number of hydrogen-bond acceptors (Lipinski definition) is 1. The Balaban J connectivity index is 2.40. The van der Waals surface area contributed by atoms with Crippen LogP contribution in [0.5, 0.6) is 0 Å². The maximum atomic E-state index is 13.3. The number of rotatable bonds is 8. The van der Waals surface area contributed by atoms with Crippen molar-refractivity contribution in [2.45, 2.75) is 52.5 Å². The fraction of sp³-hybridized carbons (Fsp3) is 0.625. The summed E-state index contributed by atoms with van der Waals surface area (Å²) in [5, 5.41) is 3.78. The molecule has 0 aliphatic rings. The van der Waals surface area contributed by atoms with Crippen LogP contribution in [-0.2, 0) is 6.42 Å². The Hall–Kier alpha value is -0.600. The van der Waals surface area contributed by atoms with Gasteiger partial charge in [0.1, 0.15) is 5.82 Å².